The zero-order chi connectivity index (χ0) is 14.2. The van der Waals surface area contributed by atoms with Gasteiger partial charge in [-0.15, -0.1) is 0 Å². The third kappa shape index (κ3) is 2.73. The Morgan fingerprint density at radius 2 is 2.15 bits per heavy atom. The highest BCUT2D eigenvalue weighted by Crippen LogP contribution is 2.57. The molecule has 1 aromatic carbocycles. The van der Waals surface area contributed by atoms with Gasteiger partial charge in [-0.1, -0.05) is 42.6 Å². The molecule has 3 atom stereocenters. The first-order valence-electron chi connectivity index (χ1n) is 7.77. The van der Waals surface area contributed by atoms with Gasteiger partial charge in [0, 0.05) is 16.6 Å². The molecule has 0 heterocycles. The van der Waals surface area contributed by atoms with E-state index in [2.05, 4.69) is 18.3 Å². The van der Waals surface area contributed by atoms with Crippen LogP contribution in [0.25, 0.3) is 0 Å². The van der Waals surface area contributed by atoms with Crippen LogP contribution >= 0.6 is 23.2 Å². The van der Waals surface area contributed by atoms with Crippen LogP contribution in [0.1, 0.15) is 38.2 Å². The molecule has 2 aliphatic carbocycles. The molecule has 2 saturated carbocycles. The van der Waals surface area contributed by atoms with E-state index < -0.39 is 0 Å². The maximum atomic E-state index is 6.40. The topological polar surface area (TPSA) is 12.0 Å². The van der Waals surface area contributed by atoms with E-state index in [0.717, 1.165) is 41.4 Å². The Balaban J connectivity index is 1.83. The molecule has 20 heavy (non-hydrogen) atoms. The van der Waals surface area contributed by atoms with E-state index in [0.29, 0.717) is 5.41 Å². The van der Waals surface area contributed by atoms with E-state index in [4.69, 9.17) is 23.2 Å². The number of nitrogens with one attached hydrogen (secondary N) is 1. The summed E-state index contributed by atoms with van der Waals surface area (Å²) in [4.78, 5) is 0. The molecule has 0 amide bonds. The number of fused-ring (bicyclic) bond motifs is 2. The Morgan fingerprint density at radius 1 is 1.30 bits per heavy atom. The average molecular weight is 312 g/mol. The van der Waals surface area contributed by atoms with Crippen molar-refractivity contribution in [2.75, 3.05) is 13.1 Å². The van der Waals surface area contributed by atoms with Gasteiger partial charge in [0.1, 0.15) is 0 Å². The first-order valence-corrected chi connectivity index (χ1v) is 8.53. The molecule has 1 N–H and O–H groups in total. The molecule has 2 bridgehead atoms. The van der Waals surface area contributed by atoms with Crippen molar-refractivity contribution < 1.29 is 0 Å². The van der Waals surface area contributed by atoms with Crippen molar-refractivity contribution in [3.05, 3.63) is 33.8 Å². The quantitative estimate of drug-likeness (QED) is 0.811. The van der Waals surface area contributed by atoms with Crippen molar-refractivity contribution in [3.63, 3.8) is 0 Å². The van der Waals surface area contributed by atoms with Gasteiger partial charge in [-0.25, -0.2) is 0 Å². The van der Waals surface area contributed by atoms with Gasteiger partial charge in [-0.2, -0.15) is 0 Å². The lowest BCUT2D eigenvalue weighted by Crippen LogP contribution is -2.40. The van der Waals surface area contributed by atoms with Gasteiger partial charge in [0.15, 0.2) is 0 Å². The number of hydrogen-bond donors (Lipinski definition) is 1. The van der Waals surface area contributed by atoms with Crippen LogP contribution in [0.4, 0.5) is 0 Å². The summed E-state index contributed by atoms with van der Waals surface area (Å²) in [6, 6.07) is 5.97. The Bertz CT molecular complexity index is 488. The third-order valence-electron chi connectivity index (χ3n) is 5.39. The smallest absolute Gasteiger partial charge is 0.0453 e. The number of rotatable bonds is 5. The number of halogens is 2. The molecule has 0 saturated heterocycles. The second kappa shape index (κ2) is 5.87. The summed E-state index contributed by atoms with van der Waals surface area (Å²) in [6.45, 7) is 4.37. The molecule has 0 radical (unpaired) electrons. The molecule has 2 fully saturated rings. The average Bonchev–Trinajstić information content (AvgIpc) is 3.01. The molecule has 3 unspecified atom stereocenters. The Kier molecular flexibility index (Phi) is 4.31. The maximum absolute atomic E-state index is 6.40. The fraction of sp³-hybridized carbons (Fsp3) is 0.647. The summed E-state index contributed by atoms with van der Waals surface area (Å²) < 4.78 is 0. The lowest BCUT2D eigenvalue weighted by Gasteiger charge is -2.38. The molecule has 3 rings (SSSR count). The van der Waals surface area contributed by atoms with Gasteiger partial charge in [-0.3, -0.25) is 0 Å². The van der Waals surface area contributed by atoms with Crippen LogP contribution in [-0.2, 0) is 6.42 Å². The monoisotopic (exact) mass is 311 g/mol. The van der Waals surface area contributed by atoms with Crippen molar-refractivity contribution in [1.29, 1.82) is 0 Å². The fourth-order valence-electron chi connectivity index (χ4n) is 4.47. The second-order valence-corrected chi connectivity index (χ2v) is 7.48. The van der Waals surface area contributed by atoms with E-state index in [9.17, 15) is 0 Å². The highest BCUT2D eigenvalue weighted by atomic mass is 35.5. The van der Waals surface area contributed by atoms with E-state index in [1.165, 1.54) is 31.2 Å². The maximum Gasteiger partial charge on any atom is 0.0453 e. The minimum Gasteiger partial charge on any atom is -0.316 e. The standard InChI is InChI=1S/C17H23Cl2N/c1-2-20-11-17(9-12-3-5-14(17)7-12)10-13-4-6-15(18)8-16(13)19/h4,6,8,12,14,20H,2-3,5,7,9-11H2,1H3. The van der Waals surface area contributed by atoms with Crippen LogP contribution in [0.2, 0.25) is 10.0 Å². The largest absolute Gasteiger partial charge is 0.316 e. The summed E-state index contributed by atoms with van der Waals surface area (Å²) in [6.07, 6.45) is 6.73. The molecule has 1 aromatic rings. The lowest BCUT2D eigenvalue weighted by atomic mass is 9.69. The van der Waals surface area contributed by atoms with Crippen LogP contribution in [0, 0.1) is 17.3 Å². The Hall–Kier alpha value is -0.240. The van der Waals surface area contributed by atoms with Crippen molar-refractivity contribution in [2.45, 2.75) is 39.0 Å². The van der Waals surface area contributed by atoms with E-state index in [1.807, 2.05) is 12.1 Å². The number of benzene rings is 1. The van der Waals surface area contributed by atoms with Crippen LogP contribution in [-0.4, -0.2) is 13.1 Å². The zero-order valence-corrected chi connectivity index (χ0v) is 13.6. The van der Waals surface area contributed by atoms with E-state index >= 15 is 0 Å². The van der Waals surface area contributed by atoms with Gasteiger partial charge in [-0.05, 0) is 67.2 Å². The highest BCUT2D eigenvalue weighted by Gasteiger charge is 2.50. The minimum atomic E-state index is 0.413. The van der Waals surface area contributed by atoms with Gasteiger partial charge >= 0.3 is 0 Å². The summed E-state index contributed by atoms with van der Waals surface area (Å²) in [7, 11) is 0. The van der Waals surface area contributed by atoms with Crippen molar-refractivity contribution in [1.82, 2.24) is 5.32 Å². The SMILES string of the molecule is CCNCC1(Cc2ccc(Cl)cc2Cl)CC2CCC1C2. The Labute approximate surface area is 132 Å². The third-order valence-corrected chi connectivity index (χ3v) is 5.97. The van der Waals surface area contributed by atoms with Crippen LogP contribution in [0.3, 0.4) is 0 Å². The highest BCUT2D eigenvalue weighted by molar-refractivity contribution is 6.35. The first kappa shape index (κ1) is 14.7. The van der Waals surface area contributed by atoms with Crippen molar-refractivity contribution in [3.8, 4) is 0 Å². The molecule has 3 heteroatoms. The van der Waals surface area contributed by atoms with E-state index in [-0.39, 0.29) is 0 Å². The van der Waals surface area contributed by atoms with Gasteiger partial charge in [0.25, 0.3) is 0 Å². The molecule has 0 aromatic heterocycles. The molecule has 2 aliphatic rings. The summed E-state index contributed by atoms with van der Waals surface area (Å²) >= 11 is 12.4. The fourth-order valence-corrected chi connectivity index (χ4v) is 4.95. The number of hydrogen-bond acceptors (Lipinski definition) is 1. The normalized spacial score (nSPS) is 31.9. The molecular formula is C17H23Cl2N. The molecule has 0 aliphatic heterocycles. The Morgan fingerprint density at radius 3 is 2.75 bits per heavy atom. The van der Waals surface area contributed by atoms with Gasteiger partial charge in [0.2, 0.25) is 0 Å². The van der Waals surface area contributed by atoms with Gasteiger partial charge < -0.3 is 5.32 Å². The minimum absolute atomic E-state index is 0.413. The van der Waals surface area contributed by atoms with Gasteiger partial charge in [0.05, 0.1) is 0 Å². The van der Waals surface area contributed by atoms with Crippen LogP contribution < -0.4 is 5.32 Å². The summed E-state index contributed by atoms with van der Waals surface area (Å²) in [5, 5.41) is 5.16. The summed E-state index contributed by atoms with van der Waals surface area (Å²) in [5.41, 5.74) is 1.68. The second-order valence-electron chi connectivity index (χ2n) is 6.64. The van der Waals surface area contributed by atoms with E-state index in [1.54, 1.807) is 0 Å². The lowest BCUT2D eigenvalue weighted by molar-refractivity contribution is 0.157. The molecule has 1 nitrogen and oxygen atoms in total. The van der Waals surface area contributed by atoms with Crippen LogP contribution in [0.5, 0.6) is 0 Å². The first-order chi connectivity index (χ1) is 9.63. The summed E-state index contributed by atoms with van der Waals surface area (Å²) in [5.74, 6) is 1.82. The predicted molar refractivity (Wildman–Crippen MR) is 86.6 cm³/mol. The van der Waals surface area contributed by atoms with Crippen LogP contribution in [0.15, 0.2) is 18.2 Å². The molecule has 110 valence electrons. The van der Waals surface area contributed by atoms with Crippen molar-refractivity contribution >= 4 is 23.2 Å². The van der Waals surface area contributed by atoms with Crippen molar-refractivity contribution in [2.24, 2.45) is 17.3 Å². The molecule has 0 spiro atoms. The predicted octanol–water partition coefficient (Wildman–Crippen LogP) is 4.95. The zero-order valence-electron chi connectivity index (χ0n) is 12.1. The molecular weight excluding hydrogens is 289 g/mol.